The lowest BCUT2D eigenvalue weighted by Crippen LogP contribution is -1.93. The lowest BCUT2D eigenvalue weighted by atomic mass is 10.1. The number of nitrogens with one attached hydrogen (secondary N) is 1. The Balaban J connectivity index is 2.04. The summed E-state index contributed by atoms with van der Waals surface area (Å²) >= 11 is 11.9. The van der Waals surface area contributed by atoms with Crippen LogP contribution in [0.5, 0.6) is 0 Å². The first-order chi connectivity index (χ1) is 7.65. The summed E-state index contributed by atoms with van der Waals surface area (Å²) in [5, 5.41) is 1.35. The number of hydrogen-bond donors (Lipinski definition) is 2. The Morgan fingerprint density at radius 3 is 2.69 bits per heavy atom. The summed E-state index contributed by atoms with van der Waals surface area (Å²) < 4.78 is 0. The molecular weight excluding hydrogens is 245 g/mol. The molecule has 0 aliphatic heterocycles. The molecule has 0 saturated heterocycles. The predicted octanol–water partition coefficient (Wildman–Crippen LogP) is 3.08. The van der Waals surface area contributed by atoms with Crippen LogP contribution >= 0.6 is 23.2 Å². The molecule has 84 valence electrons. The number of benzene rings is 1. The summed E-state index contributed by atoms with van der Waals surface area (Å²) in [6, 6.07) is 5.52. The number of aromatic nitrogens is 2. The van der Waals surface area contributed by atoms with E-state index in [0.717, 1.165) is 24.1 Å². The third-order valence-electron chi connectivity index (χ3n) is 2.33. The third kappa shape index (κ3) is 2.68. The molecule has 0 fully saturated rings. The van der Waals surface area contributed by atoms with Gasteiger partial charge in [0.15, 0.2) is 5.95 Å². The van der Waals surface area contributed by atoms with Gasteiger partial charge in [0.1, 0.15) is 0 Å². The second-order valence-corrected chi connectivity index (χ2v) is 4.37. The van der Waals surface area contributed by atoms with E-state index in [0.29, 0.717) is 16.0 Å². The predicted molar refractivity (Wildman–Crippen MR) is 66.9 cm³/mol. The highest BCUT2D eigenvalue weighted by atomic mass is 35.5. The van der Waals surface area contributed by atoms with E-state index in [9.17, 15) is 0 Å². The van der Waals surface area contributed by atoms with Crippen LogP contribution in [0.2, 0.25) is 10.0 Å². The van der Waals surface area contributed by atoms with Crippen LogP contribution in [0.1, 0.15) is 11.3 Å². The van der Waals surface area contributed by atoms with Crippen LogP contribution < -0.4 is 5.73 Å². The van der Waals surface area contributed by atoms with Crippen molar-refractivity contribution in [2.24, 2.45) is 0 Å². The molecule has 0 spiro atoms. The topological polar surface area (TPSA) is 54.7 Å². The lowest BCUT2D eigenvalue weighted by molar-refractivity contribution is 0.927. The quantitative estimate of drug-likeness (QED) is 0.886. The zero-order chi connectivity index (χ0) is 11.5. The highest BCUT2D eigenvalue weighted by Gasteiger charge is 2.03. The first kappa shape index (κ1) is 11.3. The average Bonchev–Trinajstić information content (AvgIpc) is 2.63. The Kier molecular flexibility index (Phi) is 3.36. The van der Waals surface area contributed by atoms with E-state index in [-0.39, 0.29) is 0 Å². The van der Waals surface area contributed by atoms with Gasteiger partial charge in [-0.2, -0.15) is 0 Å². The summed E-state index contributed by atoms with van der Waals surface area (Å²) in [5.74, 6) is 0.442. The fraction of sp³-hybridized carbons (Fsp3) is 0.182. The smallest absolute Gasteiger partial charge is 0.197 e. The van der Waals surface area contributed by atoms with Gasteiger partial charge in [0.25, 0.3) is 0 Å². The molecule has 0 bridgehead atoms. The molecule has 2 aromatic rings. The number of rotatable bonds is 3. The fourth-order valence-corrected chi connectivity index (χ4v) is 2.00. The first-order valence-electron chi connectivity index (χ1n) is 4.88. The van der Waals surface area contributed by atoms with E-state index < -0.39 is 0 Å². The van der Waals surface area contributed by atoms with Crippen molar-refractivity contribution in [3.05, 3.63) is 45.7 Å². The van der Waals surface area contributed by atoms with Crippen LogP contribution in [-0.2, 0) is 12.8 Å². The van der Waals surface area contributed by atoms with Crippen LogP contribution in [0, 0.1) is 0 Å². The van der Waals surface area contributed by atoms with Gasteiger partial charge in [-0.3, -0.25) is 0 Å². The molecule has 0 unspecified atom stereocenters. The van der Waals surface area contributed by atoms with Gasteiger partial charge in [-0.15, -0.1) is 0 Å². The third-order valence-corrected chi connectivity index (χ3v) is 2.91. The minimum Gasteiger partial charge on any atom is -0.369 e. The van der Waals surface area contributed by atoms with Crippen molar-refractivity contribution in [2.75, 3.05) is 5.73 Å². The number of nitrogens with zero attached hydrogens (tertiary/aromatic N) is 1. The van der Waals surface area contributed by atoms with Crippen molar-refractivity contribution >= 4 is 29.2 Å². The molecule has 0 aliphatic carbocycles. The second kappa shape index (κ2) is 4.76. The first-order valence-corrected chi connectivity index (χ1v) is 5.64. The Morgan fingerprint density at radius 2 is 2.06 bits per heavy atom. The van der Waals surface area contributed by atoms with Crippen LogP contribution in [0.4, 0.5) is 5.95 Å². The van der Waals surface area contributed by atoms with Crippen LogP contribution in [-0.4, -0.2) is 9.97 Å². The van der Waals surface area contributed by atoms with Crippen molar-refractivity contribution < 1.29 is 0 Å². The number of nitrogen functional groups attached to an aromatic ring is 1. The number of H-pyrrole nitrogens is 1. The highest BCUT2D eigenvalue weighted by molar-refractivity contribution is 6.35. The Labute approximate surface area is 104 Å². The summed E-state index contributed by atoms with van der Waals surface area (Å²) in [4.78, 5) is 6.91. The van der Waals surface area contributed by atoms with E-state index in [2.05, 4.69) is 9.97 Å². The van der Waals surface area contributed by atoms with Crippen LogP contribution in [0.25, 0.3) is 0 Å². The molecule has 0 saturated carbocycles. The maximum atomic E-state index is 6.07. The van der Waals surface area contributed by atoms with Crippen molar-refractivity contribution in [3.63, 3.8) is 0 Å². The number of hydrogen-bond acceptors (Lipinski definition) is 2. The van der Waals surface area contributed by atoms with Crippen molar-refractivity contribution in [1.82, 2.24) is 9.97 Å². The second-order valence-electron chi connectivity index (χ2n) is 3.53. The van der Waals surface area contributed by atoms with Gasteiger partial charge in [0.2, 0.25) is 0 Å². The minimum absolute atomic E-state index is 0.442. The maximum Gasteiger partial charge on any atom is 0.197 e. The summed E-state index contributed by atoms with van der Waals surface area (Å²) in [6.07, 6.45) is 3.39. The maximum absolute atomic E-state index is 6.07. The van der Waals surface area contributed by atoms with E-state index in [1.807, 2.05) is 12.1 Å². The number of halogens is 2. The van der Waals surface area contributed by atoms with Crippen molar-refractivity contribution in [1.29, 1.82) is 0 Å². The van der Waals surface area contributed by atoms with E-state index in [1.54, 1.807) is 12.3 Å². The van der Waals surface area contributed by atoms with Gasteiger partial charge in [0.05, 0.1) is 6.20 Å². The van der Waals surface area contributed by atoms with Gasteiger partial charge < -0.3 is 10.7 Å². The molecule has 0 atom stereocenters. The van der Waals surface area contributed by atoms with Gasteiger partial charge in [0, 0.05) is 15.7 Å². The summed E-state index contributed by atoms with van der Waals surface area (Å²) in [6.45, 7) is 0. The Hall–Kier alpha value is -1.19. The zero-order valence-corrected chi connectivity index (χ0v) is 10.0. The van der Waals surface area contributed by atoms with Crippen LogP contribution in [0.15, 0.2) is 24.4 Å². The van der Waals surface area contributed by atoms with Gasteiger partial charge in [-0.25, -0.2) is 4.98 Å². The zero-order valence-electron chi connectivity index (χ0n) is 8.50. The highest BCUT2D eigenvalue weighted by Crippen LogP contribution is 2.22. The van der Waals surface area contributed by atoms with Crippen molar-refractivity contribution in [2.45, 2.75) is 12.8 Å². The van der Waals surface area contributed by atoms with Gasteiger partial charge in [-0.1, -0.05) is 29.3 Å². The summed E-state index contributed by atoms with van der Waals surface area (Å²) in [5.41, 5.74) is 7.56. The van der Waals surface area contributed by atoms with E-state index >= 15 is 0 Å². The molecular formula is C11H11Cl2N3. The Bertz CT molecular complexity index is 494. The number of aromatic amines is 1. The van der Waals surface area contributed by atoms with Gasteiger partial charge in [-0.05, 0) is 30.5 Å². The lowest BCUT2D eigenvalue weighted by Gasteiger charge is -2.03. The molecule has 1 aromatic heterocycles. The molecule has 0 aliphatic rings. The molecule has 3 N–H and O–H groups in total. The fourth-order valence-electron chi connectivity index (χ4n) is 1.50. The van der Waals surface area contributed by atoms with Crippen LogP contribution in [0.3, 0.4) is 0 Å². The molecule has 0 radical (unpaired) electrons. The molecule has 3 nitrogen and oxygen atoms in total. The largest absolute Gasteiger partial charge is 0.369 e. The SMILES string of the molecule is Nc1ncc(CCc2ccc(Cl)cc2Cl)[nH]1. The van der Waals surface area contributed by atoms with E-state index in [1.165, 1.54) is 0 Å². The van der Waals surface area contributed by atoms with E-state index in [4.69, 9.17) is 28.9 Å². The number of anilines is 1. The molecule has 1 heterocycles. The summed E-state index contributed by atoms with van der Waals surface area (Å²) in [7, 11) is 0. The standard InChI is InChI=1S/C11H11Cl2N3/c12-8-3-1-7(10(13)5-8)2-4-9-6-15-11(14)16-9/h1,3,5-6H,2,4H2,(H3,14,15,16). The molecule has 16 heavy (non-hydrogen) atoms. The molecule has 5 heteroatoms. The normalized spacial score (nSPS) is 10.6. The minimum atomic E-state index is 0.442. The number of aryl methyl sites for hydroxylation is 2. The van der Waals surface area contributed by atoms with Gasteiger partial charge >= 0.3 is 0 Å². The monoisotopic (exact) mass is 255 g/mol. The molecule has 0 amide bonds. The van der Waals surface area contributed by atoms with Crippen molar-refractivity contribution in [3.8, 4) is 0 Å². The Morgan fingerprint density at radius 1 is 1.25 bits per heavy atom. The number of nitrogens with two attached hydrogens (primary N) is 1. The average molecular weight is 256 g/mol. The molecule has 2 rings (SSSR count). The molecule has 1 aromatic carbocycles. The number of imidazole rings is 1.